The number of hydrogen-bond donors (Lipinski definition) is 1. The summed E-state index contributed by atoms with van der Waals surface area (Å²) in [5.74, 6) is 2.11. The molecule has 21 heavy (non-hydrogen) atoms. The summed E-state index contributed by atoms with van der Waals surface area (Å²) in [5, 5.41) is 11.0. The minimum Gasteiger partial charge on any atom is -0.493 e. The topological polar surface area (TPSA) is 64.4 Å². The highest BCUT2D eigenvalue weighted by atomic mass is 32.1. The van der Waals surface area contributed by atoms with E-state index in [0.29, 0.717) is 23.0 Å². The zero-order valence-electron chi connectivity index (χ0n) is 12.3. The molecule has 0 fully saturated rings. The smallest absolute Gasteiger partial charge is 0.216 e. The molecule has 0 spiro atoms. The van der Waals surface area contributed by atoms with Crippen LogP contribution in [-0.2, 0) is 0 Å². The van der Waals surface area contributed by atoms with Crippen LogP contribution in [0.2, 0.25) is 0 Å². The van der Waals surface area contributed by atoms with E-state index in [1.54, 1.807) is 18.0 Å². The van der Waals surface area contributed by atoms with Crippen LogP contribution in [0, 0.1) is 11.7 Å². The van der Waals surface area contributed by atoms with Gasteiger partial charge >= 0.3 is 0 Å². The van der Waals surface area contributed by atoms with Crippen molar-refractivity contribution in [1.82, 2.24) is 14.9 Å². The number of rotatable bonds is 6. The van der Waals surface area contributed by atoms with Crippen LogP contribution in [0.1, 0.15) is 24.7 Å². The Morgan fingerprint density at radius 3 is 2.86 bits per heavy atom. The SMILES string of the molecule is CCCOc1ccc(C=Nn2c(C)n[nH]c2=S)cc1OC. The average Bonchev–Trinajstić information content (AvgIpc) is 2.82. The lowest BCUT2D eigenvalue weighted by Gasteiger charge is -2.10. The van der Waals surface area contributed by atoms with Gasteiger partial charge < -0.3 is 9.47 Å². The van der Waals surface area contributed by atoms with Gasteiger partial charge in [-0.1, -0.05) is 6.92 Å². The Kier molecular flexibility index (Phi) is 5.10. The molecule has 0 amide bonds. The quantitative estimate of drug-likeness (QED) is 0.658. The highest BCUT2D eigenvalue weighted by Crippen LogP contribution is 2.27. The van der Waals surface area contributed by atoms with Crippen LogP contribution < -0.4 is 9.47 Å². The zero-order chi connectivity index (χ0) is 15.2. The maximum atomic E-state index is 5.61. The lowest BCUT2D eigenvalue weighted by molar-refractivity contribution is 0.294. The summed E-state index contributed by atoms with van der Waals surface area (Å²) < 4.78 is 13.0. The van der Waals surface area contributed by atoms with Gasteiger partial charge in [-0.2, -0.15) is 14.9 Å². The van der Waals surface area contributed by atoms with Crippen molar-refractivity contribution in [3.05, 3.63) is 34.4 Å². The monoisotopic (exact) mass is 306 g/mol. The van der Waals surface area contributed by atoms with E-state index in [-0.39, 0.29) is 0 Å². The first-order valence-corrected chi connectivity index (χ1v) is 7.05. The van der Waals surface area contributed by atoms with Crippen LogP contribution in [0.3, 0.4) is 0 Å². The number of aromatic amines is 1. The number of hydrogen-bond acceptors (Lipinski definition) is 5. The average molecular weight is 306 g/mol. The number of benzene rings is 1. The summed E-state index contributed by atoms with van der Waals surface area (Å²) >= 11 is 5.09. The summed E-state index contributed by atoms with van der Waals surface area (Å²) in [6, 6.07) is 5.65. The second-order valence-electron chi connectivity index (χ2n) is 4.39. The van der Waals surface area contributed by atoms with Crippen LogP contribution in [0.15, 0.2) is 23.3 Å². The molecular formula is C14H18N4O2S. The van der Waals surface area contributed by atoms with Crippen molar-refractivity contribution < 1.29 is 9.47 Å². The fraction of sp³-hybridized carbons (Fsp3) is 0.357. The van der Waals surface area contributed by atoms with E-state index in [1.807, 2.05) is 25.1 Å². The molecule has 0 unspecified atom stereocenters. The second-order valence-corrected chi connectivity index (χ2v) is 4.78. The molecule has 0 radical (unpaired) electrons. The molecule has 2 rings (SSSR count). The van der Waals surface area contributed by atoms with E-state index in [1.165, 1.54) is 0 Å². The molecule has 1 aromatic carbocycles. The van der Waals surface area contributed by atoms with Crippen molar-refractivity contribution in [2.24, 2.45) is 5.10 Å². The highest BCUT2D eigenvalue weighted by molar-refractivity contribution is 7.71. The van der Waals surface area contributed by atoms with Crippen molar-refractivity contribution >= 4 is 18.4 Å². The van der Waals surface area contributed by atoms with Gasteiger partial charge in [0.15, 0.2) is 11.5 Å². The molecule has 7 heteroatoms. The molecule has 0 saturated carbocycles. The summed E-state index contributed by atoms with van der Waals surface area (Å²) in [6.07, 6.45) is 2.65. The van der Waals surface area contributed by atoms with Gasteiger partial charge in [0.05, 0.1) is 19.9 Å². The Labute approximate surface area is 128 Å². The van der Waals surface area contributed by atoms with Crippen molar-refractivity contribution in [3.63, 3.8) is 0 Å². The fourth-order valence-corrected chi connectivity index (χ4v) is 1.95. The maximum absolute atomic E-state index is 5.61. The van der Waals surface area contributed by atoms with Crippen LogP contribution in [0.4, 0.5) is 0 Å². The third kappa shape index (κ3) is 3.69. The first-order valence-electron chi connectivity index (χ1n) is 6.65. The summed E-state index contributed by atoms with van der Waals surface area (Å²) in [6.45, 7) is 4.55. The van der Waals surface area contributed by atoms with Gasteiger partial charge in [-0.3, -0.25) is 5.10 Å². The minimum atomic E-state index is 0.457. The molecule has 6 nitrogen and oxygen atoms in total. The molecule has 2 aromatic rings. The zero-order valence-corrected chi connectivity index (χ0v) is 13.1. The van der Waals surface area contributed by atoms with E-state index in [9.17, 15) is 0 Å². The number of aromatic nitrogens is 3. The Morgan fingerprint density at radius 2 is 2.24 bits per heavy atom. The third-order valence-electron chi connectivity index (χ3n) is 2.78. The number of nitrogens with one attached hydrogen (secondary N) is 1. The van der Waals surface area contributed by atoms with Gasteiger partial charge in [0.2, 0.25) is 4.77 Å². The predicted molar refractivity (Wildman–Crippen MR) is 83.9 cm³/mol. The number of H-pyrrole nitrogens is 1. The lowest BCUT2D eigenvalue weighted by Crippen LogP contribution is -1.99. The number of aryl methyl sites for hydroxylation is 1. The van der Waals surface area contributed by atoms with Crippen LogP contribution in [0.25, 0.3) is 0 Å². The van der Waals surface area contributed by atoms with Crippen LogP contribution in [0.5, 0.6) is 11.5 Å². The lowest BCUT2D eigenvalue weighted by atomic mass is 10.2. The predicted octanol–water partition coefficient (Wildman–Crippen LogP) is 2.93. The van der Waals surface area contributed by atoms with Crippen molar-refractivity contribution in [1.29, 1.82) is 0 Å². The molecule has 1 heterocycles. The van der Waals surface area contributed by atoms with Crippen molar-refractivity contribution in [3.8, 4) is 11.5 Å². The fourth-order valence-electron chi connectivity index (χ4n) is 1.73. The number of methoxy groups -OCH3 is 1. The molecule has 0 aliphatic carbocycles. The van der Waals surface area contributed by atoms with E-state index >= 15 is 0 Å². The maximum Gasteiger partial charge on any atom is 0.216 e. The standard InChI is InChI=1S/C14H18N4O2S/c1-4-7-20-12-6-5-11(8-13(12)19-3)9-15-18-10(2)16-17-14(18)21/h5-6,8-9H,4,7H2,1-3H3,(H,17,21). The molecule has 1 N–H and O–H groups in total. The van der Waals surface area contributed by atoms with E-state index in [2.05, 4.69) is 22.2 Å². The Hall–Kier alpha value is -2.15. The normalized spacial score (nSPS) is 11.0. The van der Waals surface area contributed by atoms with E-state index in [4.69, 9.17) is 21.7 Å². The van der Waals surface area contributed by atoms with Gasteiger partial charge in [-0.25, -0.2) is 0 Å². The van der Waals surface area contributed by atoms with Gasteiger partial charge in [0.1, 0.15) is 5.82 Å². The third-order valence-corrected chi connectivity index (χ3v) is 3.05. The summed E-state index contributed by atoms with van der Waals surface area (Å²) in [5.41, 5.74) is 0.887. The van der Waals surface area contributed by atoms with Crippen molar-refractivity contribution in [2.75, 3.05) is 13.7 Å². The van der Waals surface area contributed by atoms with Crippen LogP contribution in [-0.4, -0.2) is 34.8 Å². The van der Waals surface area contributed by atoms with Gasteiger partial charge in [-0.15, -0.1) is 0 Å². The molecule has 0 atom stereocenters. The Bertz CT molecular complexity index is 691. The van der Waals surface area contributed by atoms with Crippen LogP contribution >= 0.6 is 12.2 Å². The van der Waals surface area contributed by atoms with E-state index in [0.717, 1.165) is 17.7 Å². The molecular weight excluding hydrogens is 288 g/mol. The van der Waals surface area contributed by atoms with Gasteiger partial charge in [0, 0.05) is 0 Å². The highest BCUT2D eigenvalue weighted by Gasteiger charge is 2.05. The molecule has 112 valence electrons. The first-order chi connectivity index (χ1) is 10.2. The summed E-state index contributed by atoms with van der Waals surface area (Å²) in [4.78, 5) is 0. The Morgan fingerprint density at radius 1 is 1.43 bits per heavy atom. The van der Waals surface area contributed by atoms with E-state index < -0.39 is 0 Å². The van der Waals surface area contributed by atoms with Gasteiger partial charge in [0.25, 0.3) is 0 Å². The van der Waals surface area contributed by atoms with Gasteiger partial charge in [-0.05, 0) is 49.3 Å². The summed E-state index contributed by atoms with van der Waals surface area (Å²) in [7, 11) is 1.62. The largest absolute Gasteiger partial charge is 0.493 e. The first kappa shape index (κ1) is 15.2. The number of nitrogens with zero attached hydrogens (tertiary/aromatic N) is 3. The molecule has 0 bridgehead atoms. The minimum absolute atomic E-state index is 0.457. The molecule has 0 aliphatic heterocycles. The Balaban J connectivity index is 2.23. The molecule has 0 saturated heterocycles. The van der Waals surface area contributed by atoms with Crippen molar-refractivity contribution in [2.45, 2.75) is 20.3 Å². The molecule has 1 aromatic heterocycles. The molecule has 0 aliphatic rings. The second kappa shape index (κ2) is 7.03. The number of ether oxygens (including phenoxy) is 2.